The fourth-order valence-corrected chi connectivity index (χ4v) is 1.61. The lowest BCUT2D eigenvalue weighted by Gasteiger charge is -1.94. The predicted molar refractivity (Wildman–Crippen MR) is 58.4 cm³/mol. The first-order valence-corrected chi connectivity index (χ1v) is 5.32. The summed E-state index contributed by atoms with van der Waals surface area (Å²) in [6, 6.07) is 6.22. The van der Waals surface area contributed by atoms with E-state index in [1.165, 1.54) is 12.1 Å². The van der Waals surface area contributed by atoms with Crippen LogP contribution in [0.3, 0.4) is 0 Å². The maximum Gasteiger partial charge on any atom is 0.270 e. The molecule has 1 heterocycles. The van der Waals surface area contributed by atoms with Crippen molar-refractivity contribution in [3.63, 3.8) is 0 Å². The molecule has 1 saturated carbocycles. The SMILES string of the molecule is O=[N+]([O-])c1cccc(-c2noc(C3CC3)n2)c1. The standard InChI is InChI=1S/C11H9N3O3/c15-14(16)9-3-1-2-8(6-9)10-12-11(17-13-10)7-4-5-7/h1-3,6-7H,4-5H2. The monoisotopic (exact) mass is 231 g/mol. The van der Waals surface area contributed by atoms with E-state index in [2.05, 4.69) is 10.1 Å². The first-order chi connectivity index (χ1) is 8.24. The van der Waals surface area contributed by atoms with Crippen LogP contribution >= 0.6 is 0 Å². The molecule has 1 aromatic carbocycles. The van der Waals surface area contributed by atoms with Crippen molar-refractivity contribution in [3.05, 3.63) is 40.3 Å². The molecule has 2 aromatic rings. The van der Waals surface area contributed by atoms with E-state index in [1.807, 2.05) is 0 Å². The molecule has 1 aliphatic rings. The van der Waals surface area contributed by atoms with Crippen LogP contribution in [0, 0.1) is 10.1 Å². The van der Waals surface area contributed by atoms with Crippen molar-refractivity contribution >= 4 is 5.69 Å². The minimum absolute atomic E-state index is 0.0280. The fourth-order valence-electron chi connectivity index (χ4n) is 1.61. The Labute approximate surface area is 96.4 Å². The summed E-state index contributed by atoms with van der Waals surface area (Å²) in [5.41, 5.74) is 0.634. The van der Waals surface area contributed by atoms with E-state index in [1.54, 1.807) is 12.1 Å². The summed E-state index contributed by atoms with van der Waals surface area (Å²) >= 11 is 0. The molecule has 17 heavy (non-hydrogen) atoms. The molecule has 0 aliphatic heterocycles. The molecule has 1 aliphatic carbocycles. The summed E-state index contributed by atoms with van der Waals surface area (Å²) < 4.78 is 5.11. The van der Waals surface area contributed by atoms with Gasteiger partial charge in [0.15, 0.2) is 0 Å². The molecule has 3 rings (SSSR count). The molecule has 0 radical (unpaired) electrons. The average Bonchev–Trinajstić information content (AvgIpc) is 3.07. The molecule has 1 aromatic heterocycles. The van der Waals surface area contributed by atoms with Crippen LogP contribution in [0.2, 0.25) is 0 Å². The second-order valence-electron chi connectivity index (χ2n) is 4.04. The van der Waals surface area contributed by atoms with Crippen LogP contribution in [0.15, 0.2) is 28.8 Å². The van der Waals surface area contributed by atoms with Gasteiger partial charge in [0.05, 0.1) is 4.92 Å². The number of hydrogen-bond acceptors (Lipinski definition) is 5. The van der Waals surface area contributed by atoms with Gasteiger partial charge in [-0.25, -0.2) is 0 Å². The molecule has 1 fully saturated rings. The molecule has 0 N–H and O–H groups in total. The summed E-state index contributed by atoms with van der Waals surface area (Å²) in [6.07, 6.45) is 2.16. The van der Waals surface area contributed by atoms with E-state index in [9.17, 15) is 10.1 Å². The Kier molecular flexibility index (Phi) is 2.14. The number of aromatic nitrogens is 2. The summed E-state index contributed by atoms with van der Waals surface area (Å²) in [4.78, 5) is 14.5. The molecule has 6 heteroatoms. The molecule has 0 unspecified atom stereocenters. The number of benzene rings is 1. The van der Waals surface area contributed by atoms with Gasteiger partial charge in [0.1, 0.15) is 0 Å². The normalized spacial score (nSPS) is 14.8. The highest BCUT2D eigenvalue weighted by Crippen LogP contribution is 2.39. The highest BCUT2D eigenvalue weighted by molar-refractivity contribution is 5.58. The van der Waals surface area contributed by atoms with Crippen LogP contribution in [0.5, 0.6) is 0 Å². The van der Waals surface area contributed by atoms with Gasteiger partial charge in [0.25, 0.3) is 5.69 Å². The number of nitro benzene ring substituents is 1. The predicted octanol–water partition coefficient (Wildman–Crippen LogP) is 2.52. The molecule has 0 bridgehead atoms. The molecule has 0 amide bonds. The van der Waals surface area contributed by atoms with Crippen molar-refractivity contribution in [3.8, 4) is 11.4 Å². The topological polar surface area (TPSA) is 82.1 Å². The van der Waals surface area contributed by atoms with Crippen LogP contribution in [-0.4, -0.2) is 15.1 Å². The number of nitro groups is 1. The van der Waals surface area contributed by atoms with Gasteiger partial charge in [-0.3, -0.25) is 10.1 Å². The summed E-state index contributed by atoms with van der Waals surface area (Å²) in [5.74, 6) is 1.43. The van der Waals surface area contributed by atoms with Gasteiger partial charge in [-0.05, 0) is 12.8 Å². The van der Waals surface area contributed by atoms with Crippen molar-refractivity contribution in [2.24, 2.45) is 0 Å². The number of nitrogens with zero attached hydrogens (tertiary/aromatic N) is 3. The Morgan fingerprint density at radius 3 is 2.94 bits per heavy atom. The number of rotatable bonds is 3. The fraction of sp³-hybridized carbons (Fsp3) is 0.273. The third-order valence-corrected chi connectivity index (χ3v) is 2.68. The zero-order chi connectivity index (χ0) is 11.8. The van der Waals surface area contributed by atoms with Crippen LogP contribution in [0.25, 0.3) is 11.4 Å². The summed E-state index contributed by atoms with van der Waals surface area (Å²) in [7, 11) is 0. The van der Waals surface area contributed by atoms with Gasteiger partial charge in [-0.1, -0.05) is 17.3 Å². The molecule has 0 spiro atoms. The van der Waals surface area contributed by atoms with Crippen molar-refractivity contribution in [1.29, 1.82) is 0 Å². The second kappa shape index (κ2) is 3.65. The van der Waals surface area contributed by atoms with Gasteiger partial charge >= 0.3 is 0 Å². The Hall–Kier alpha value is -2.24. The molecule has 0 atom stereocenters. The Morgan fingerprint density at radius 1 is 1.41 bits per heavy atom. The lowest BCUT2D eigenvalue weighted by molar-refractivity contribution is -0.384. The minimum atomic E-state index is -0.439. The molecular weight excluding hydrogens is 222 g/mol. The van der Waals surface area contributed by atoms with Gasteiger partial charge < -0.3 is 4.52 Å². The maximum absolute atomic E-state index is 10.6. The van der Waals surface area contributed by atoms with E-state index in [0.29, 0.717) is 23.2 Å². The van der Waals surface area contributed by atoms with Crippen LogP contribution in [0.4, 0.5) is 5.69 Å². The quantitative estimate of drug-likeness (QED) is 0.598. The zero-order valence-corrected chi connectivity index (χ0v) is 8.87. The average molecular weight is 231 g/mol. The third-order valence-electron chi connectivity index (χ3n) is 2.68. The molecular formula is C11H9N3O3. The Bertz CT molecular complexity index is 575. The van der Waals surface area contributed by atoms with E-state index >= 15 is 0 Å². The lowest BCUT2D eigenvalue weighted by atomic mass is 10.2. The van der Waals surface area contributed by atoms with E-state index in [0.717, 1.165) is 12.8 Å². The number of non-ortho nitro benzene ring substituents is 1. The van der Waals surface area contributed by atoms with Gasteiger partial charge in [-0.2, -0.15) is 4.98 Å². The zero-order valence-electron chi connectivity index (χ0n) is 8.87. The molecule has 0 saturated heterocycles. The van der Waals surface area contributed by atoms with Gasteiger partial charge in [0, 0.05) is 23.6 Å². The smallest absolute Gasteiger partial charge is 0.270 e. The van der Waals surface area contributed by atoms with E-state index in [-0.39, 0.29) is 5.69 Å². The Balaban J connectivity index is 1.96. The van der Waals surface area contributed by atoms with Gasteiger partial charge in [-0.15, -0.1) is 0 Å². The molecule has 86 valence electrons. The maximum atomic E-state index is 10.6. The second-order valence-corrected chi connectivity index (χ2v) is 4.04. The van der Waals surface area contributed by atoms with Crippen molar-refractivity contribution in [1.82, 2.24) is 10.1 Å². The number of hydrogen-bond donors (Lipinski definition) is 0. The van der Waals surface area contributed by atoms with Gasteiger partial charge in [0.2, 0.25) is 11.7 Å². The third kappa shape index (κ3) is 1.89. The van der Waals surface area contributed by atoms with Crippen LogP contribution in [0.1, 0.15) is 24.7 Å². The first kappa shape index (κ1) is 9.95. The Morgan fingerprint density at radius 2 is 2.24 bits per heavy atom. The van der Waals surface area contributed by atoms with Crippen molar-refractivity contribution in [2.75, 3.05) is 0 Å². The van der Waals surface area contributed by atoms with Crippen LogP contribution < -0.4 is 0 Å². The minimum Gasteiger partial charge on any atom is -0.339 e. The summed E-state index contributed by atoms with van der Waals surface area (Å²) in [5, 5.41) is 14.5. The lowest BCUT2D eigenvalue weighted by Crippen LogP contribution is -1.89. The molecule has 6 nitrogen and oxygen atoms in total. The highest BCUT2D eigenvalue weighted by atomic mass is 16.6. The van der Waals surface area contributed by atoms with Crippen molar-refractivity contribution in [2.45, 2.75) is 18.8 Å². The van der Waals surface area contributed by atoms with E-state index in [4.69, 9.17) is 4.52 Å². The van der Waals surface area contributed by atoms with E-state index < -0.39 is 4.92 Å². The summed E-state index contributed by atoms with van der Waals surface area (Å²) in [6.45, 7) is 0. The first-order valence-electron chi connectivity index (χ1n) is 5.32. The van der Waals surface area contributed by atoms with Crippen LogP contribution in [-0.2, 0) is 0 Å². The highest BCUT2D eigenvalue weighted by Gasteiger charge is 2.29. The van der Waals surface area contributed by atoms with Crippen molar-refractivity contribution < 1.29 is 9.45 Å². The largest absolute Gasteiger partial charge is 0.339 e.